The predicted octanol–water partition coefficient (Wildman–Crippen LogP) is 2.40. The number of unbranched alkanes of at least 4 members (excludes halogenated alkanes) is 1. The third kappa shape index (κ3) is 4.43. The number of aliphatic carboxylic acids is 1. The van der Waals surface area contributed by atoms with E-state index in [1.807, 2.05) is 6.92 Å². The van der Waals surface area contributed by atoms with Gasteiger partial charge in [-0.3, -0.25) is 4.79 Å². The van der Waals surface area contributed by atoms with Crippen molar-refractivity contribution in [2.24, 2.45) is 0 Å². The van der Waals surface area contributed by atoms with Crippen LogP contribution in [0.2, 0.25) is 5.02 Å². The molecular weight excluding hydrogens is 309 g/mol. The van der Waals surface area contributed by atoms with E-state index in [9.17, 15) is 17.6 Å². The number of hydrogen-bond donors (Lipinski definition) is 2. The summed E-state index contributed by atoms with van der Waals surface area (Å²) in [6.45, 7) is 1.87. The average molecular weight is 324 g/mol. The quantitative estimate of drug-likeness (QED) is 0.807. The molecule has 0 aliphatic rings. The number of carbonyl (C=O) groups is 1. The second-order valence-electron chi connectivity index (χ2n) is 4.23. The van der Waals surface area contributed by atoms with Gasteiger partial charge in [-0.2, -0.15) is 4.72 Å². The predicted molar refractivity (Wildman–Crippen MR) is 72.7 cm³/mol. The molecule has 20 heavy (non-hydrogen) atoms. The fourth-order valence-corrected chi connectivity index (χ4v) is 3.04. The molecule has 1 atom stereocenters. The van der Waals surface area contributed by atoms with E-state index in [1.54, 1.807) is 0 Å². The maximum atomic E-state index is 13.0. The lowest BCUT2D eigenvalue weighted by Gasteiger charge is -2.14. The SMILES string of the molecule is CCCC[C@@H](NS(=O)(=O)c1ccc(F)c(Cl)c1)C(=O)O. The molecule has 0 aromatic heterocycles. The van der Waals surface area contributed by atoms with Crippen molar-refractivity contribution in [2.75, 3.05) is 0 Å². The van der Waals surface area contributed by atoms with Gasteiger partial charge in [-0.1, -0.05) is 31.4 Å². The fourth-order valence-electron chi connectivity index (χ4n) is 1.54. The first kappa shape index (κ1) is 16.9. The summed E-state index contributed by atoms with van der Waals surface area (Å²) in [5, 5.41) is 8.66. The molecular formula is C12H15ClFNO4S. The Morgan fingerprint density at radius 1 is 1.50 bits per heavy atom. The molecule has 0 saturated carbocycles. The van der Waals surface area contributed by atoms with Gasteiger partial charge < -0.3 is 5.11 Å². The maximum Gasteiger partial charge on any atom is 0.321 e. The van der Waals surface area contributed by atoms with Gasteiger partial charge in [-0.05, 0) is 24.6 Å². The Balaban J connectivity index is 2.97. The highest BCUT2D eigenvalue weighted by molar-refractivity contribution is 7.89. The van der Waals surface area contributed by atoms with E-state index in [0.717, 1.165) is 24.6 Å². The summed E-state index contributed by atoms with van der Waals surface area (Å²) in [6.07, 6.45) is 1.50. The van der Waals surface area contributed by atoms with Crippen LogP contribution in [0, 0.1) is 5.82 Å². The van der Waals surface area contributed by atoms with Crippen molar-refractivity contribution in [3.05, 3.63) is 29.0 Å². The van der Waals surface area contributed by atoms with Crippen LogP contribution < -0.4 is 4.72 Å². The Kier molecular flexibility index (Phi) is 5.91. The summed E-state index contributed by atoms with van der Waals surface area (Å²) < 4.78 is 39.1. The third-order valence-corrected chi connectivity index (χ3v) is 4.40. The van der Waals surface area contributed by atoms with Crippen LogP contribution in [0.15, 0.2) is 23.1 Å². The Bertz CT molecular complexity index is 591. The summed E-state index contributed by atoms with van der Waals surface area (Å²) in [4.78, 5) is 10.8. The van der Waals surface area contributed by atoms with Gasteiger partial charge >= 0.3 is 5.97 Å². The van der Waals surface area contributed by atoms with Crippen molar-refractivity contribution in [1.29, 1.82) is 0 Å². The normalized spacial score (nSPS) is 13.2. The molecule has 1 rings (SSSR count). The van der Waals surface area contributed by atoms with E-state index >= 15 is 0 Å². The summed E-state index contributed by atoms with van der Waals surface area (Å²) >= 11 is 5.52. The molecule has 1 aromatic rings. The van der Waals surface area contributed by atoms with Crippen LogP contribution in [0.25, 0.3) is 0 Å². The highest BCUT2D eigenvalue weighted by atomic mass is 35.5. The minimum Gasteiger partial charge on any atom is -0.480 e. The van der Waals surface area contributed by atoms with Crippen molar-refractivity contribution in [3.63, 3.8) is 0 Å². The zero-order chi connectivity index (χ0) is 15.3. The molecule has 0 heterocycles. The van der Waals surface area contributed by atoms with Crippen LogP contribution in [0.4, 0.5) is 4.39 Å². The van der Waals surface area contributed by atoms with Gasteiger partial charge in [0.1, 0.15) is 11.9 Å². The van der Waals surface area contributed by atoms with Gasteiger partial charge in [0.2, 0.25) is 10.0 Å². The zero-order valence-electron chi connectivity index (χ0n) is 10.8. The number of hydrogen-bond acceptors (Lipinski definition) is 3. The first-order valence-electron chi connectivity index (χ1n) is 5.98. The van der Waals surface area contributed by atoms with Crippen LogP contribution in [-0.2, 0) is 14.8 Å². The molecule has 112 valence electrons. The fraction of sp³-hybridized carbons (Fsp3) is 0.417. The Morgan fingerprint density at radius 3 is 2.65 bits per heavy atom. The van der Waals surface area contributed by atoms with Crippen LogP contribution in [0.5, 0.6) is 0 Å². The molecule has 5 nitrogen and oxygen atoms in total. The van der Waals surface area contributed by atoms with Crippen LogP contribution in [-0.4, -0.2) is 25.5 Å². The molecule has 2 N–H and O–H groups in total. The molecule has 0 aliphatic heterocycles. The Labute approximate surface area is 121 Å². The van der Waals surface area contributed by atoms with Crippen molar-refractivity contribution in [2.45, 2.75) is 37.1 Å². The van der Waals surface area contributed by atoms with E-state index in [0.29, 0.717) is 6.42 Å². The van der Waals surface area contributed by atoms with Crippen molar-refractivity contribution in [1.82, 2.24) is 4.72 Å². The average Bonchev–Trinajstić information content (AvgIpc) is 2.37. The molecule has 0 saturated heterocycles. The van der Waals surface area contributed by atoms with Crippen molar-refractivity contribution in [3.8, 4) is 0 Å². The lowest BCUT2D eigenvalue weighted by Crippen LogP contribution is -2.40. The highest BCUT2D eigenvalue weighted by Gasteiger charge is 2.25. The minimum absolute atomic E-state index is 0.181. The third-order valence-electron chi connectivity index (χ3n) is 2.64. The van der Waals surface area contributed by atoms with E-state index in [4.69, 9.17) is 16.7 Å². The number of halogens is 2. The maximum absolute atomic E-state index is 13.0. The van der Waals surface area contributed by atoms with Gasteiger partial charge in [0, 0.05) is 0 Å². The van der Waals surface area contributed by atoms with Gasteiger partial charge in [-0.25, -0.2) is 12.8 Å². The summed E-state index contributed by atoms with van der Waals surface area (Å²) in [5.74, 6) is -2.00. The molecule has 8 heteroatoms. The highest BCUT2D eigenvalue weighted by Crippen LogP contribution is 2.19. The molecule has 0 radical (unpaired) electrons. The summed E-state index contributed by atoms with van der Waals surface area (Å²) in [6, 6.07) is 1.67. The number of carboxylic acid groups (broad SMARTS) is 1. The van der Waals surface area contributed by atoms with E-state index in [2.05, 4.69) is 4.72 Å². The van der Waals surface area contributed by atoms with Crippen molar-refractivity contribution < 1.29 is 22.7 Å². The lowest BCUT2D eigenvalue weighted by atomic mass is 10.1. The monoisotopic (exact) mass is 323 g/mol. The molecule has 0 spiro atoms. The van der Waals surface area contributed by atoms with Crippen molar-refractivity contribution >= 4 is 27.6 Å². The number of nitrogens with one attached hydrogen (secondary N) is 1. The smallest absolute Gasteiger partial charge is 0.321 e. The molecule has 1 aromatic carbocycles. The lowest BCUT2D eigenvalue weighted by molar-refractivity contribution is -0.139. The molecule has 0 amide bonds. The second kappa shape index (κ2) is 7.01. The summed E-state index contributed by atoms with van der Waals surface area (Å²) in [5.41, 5.74) is 0. The van der Waals surface area contributed by atoms with E-state index in [1.165, 1.54) is 0 Å². The van der Waals surface area contributed by atoms with E-state index < -0.39 is 27.9 Å². The standard InChI is InChI=1S/C12H15ClFNO4S/c1-2-3-4-11(12(16)17)15-20(18,19)8-5-6-10(14)9(13)7-8/h5-7,11,15H,2-4H2,1H3,(H,16,17)/t11-/m1/s1. The summed E-state index contributed by atoms with van der Waals surface area (Å²) in [7, 11) is -4.06. The molecule has 0 unspecified atom stereocenters. The zero-order valence-corrected chi connectivity index (χ0v) is 12.3. The van der Waals surface area contributed by atoms with Gasteiger partial charge in [0.15, 0.2) is 0 Å². The number of sulfonamides is 1. The molecule has 0 aliphatic carbocycles. The van der Waals surface area contributed by atoms with Gasteiger partial charge in [0.25, 0.3) is 0 Å². The van der Waals surface area contributed by atoms with E-state index in [-0.39, 0.29) is 16.3 Å². The number of rotatable bonds is 7. The van der Waals surface area contributed by atoms with Gasteiger partial charge in [0.05, 0.1) is 9.92 Å². The first-order chi connectivity index (χ1) is 9.27. The molecule has 0 bridgehead atoms. The van der Waals surface area contributed by atoms with Crippen LogP contribution >= 0.6 is 11.6 Å². The first-order valence-corrected chi connectivity index (χ1v) is 7.84. The largest absolute Gasteiger partial charge is 0.480 e. The number of carboxylic acids is 1. The number of benzene rings is 1. The molecule has 0 fully saturated rings. The topological polar surface area (TPSA) is 83.5 Å². The minimum atomic E-state index is -4.06. The Morgan fingerprint density at radius 2 is 2.15 bits per heavy atom. The second-order valence-corrected chi connectivity index (χ2v) is 6.35. The van der Waals surface area contributed by atoms with Crippen LogP contribution in [0.3, 0.4) is 0 Å². The Hall–Kier alpha value is -1.18. The van der Waals surface area contributed by atoms with Gasteiger partial charge in [-0.15, -0.1) is 0 Å². The van der Waals surface area contributed by atoms with Crippen LogP contribution in [0.1, 0.15) is 26.2 Å².